The molecule has 0 radical (unpaired) electrons. The van der Waals surface area contributed by atoms with Crippen LogP contribution in [0.2, 0.25) is 0 Å². The summed E-state index contributed by atoms with van der Waals surface area (Å²) in [6, 6.07) is 11.5. The number of aromatic nitrogens is 4. The molecule has 0 aliphatic carbocycles. The Labute approximate surface area is 151 Å². The smallest absolute Gasteiger partial charge is 0.242 e. The summed E-state index contributed by atoms with van der Waals surface area (Å²) in [6.45, 7) is 1.59. The van der Waals surface area contributed by atoms with E-state index in [1.165, 1.54) is 0 Å². The van der Waals surface area contributed by atoms with Gasteiger partial charge in [-0.05, 0) is 42.5 Å². The lowest BCUT2D eigenvalue weighted by molar-refractivity contribution is -0.123. The Morgan fingerprint density at radius 3 is 2.88 bits per heavy atom. The number of para-hydroxylation sites is 1. The standard InChI is InChI=1S/C19H21N5O2/c25-18(13-24-17-6-2-1-5-16(17)22-23-24)21-19(14-7-10-26-11-8-14)15-4-3-9-20-12-15/h1-6,9,12,14,19H,7-8,10-11,13H2,(H,21,25)/t19-/m1/s1. The molecule has 3 heterocycles. The van der Waals surface area contributed by atoms with E-state index in [0.29, 0.717) is 5.92 Å². The molecule has 7 nitrogen and oxygen atoms in total. The molecule has 26 heavy (non-hydrogen) atoms. The van der Waals surface area contributed by atoms with Gasteiger partial charge < -0.3 is 10.1 Å². The molecule has 1 saturated heterocycles. The van der Waals surface area contributed by atoms with Gasteiger partial charge >= 0.3 is 0 Å². The van der Waals surface area contributed by atoms with Gasteiger partial charge in [-0.1, -0.05) is 23.4 Å². The minimum Gasteiger partial charge on any atom is -0.381 e. The Morgan fingerprint density at radius 1 is 1.23 bits per heavy atom. The number of nitrogens with one attached hydrogen (secondary N) is 1. The molecule has 1 N–H and O–H groups in total. The molecule has 0 bridgehead atoms. The van der Waals surface area contributed by atoms with Gasteiger partial charge in [-0.15, -0.1) is 5.10 Å². The first kappa shape index (κ1) is 16.7. The van der Waals surface area contributed by atoms with Crippen LogP contribution in [0.3, 0.4) is 0 Å². The number of nitrogens with zero attached hydrogens (tertiary/aromatic N) is 4. The minimum absolute atomic E-state index is 0.0742. The highest BCUT2D eigenvalue weighted by atomic mass is 16.5. The quantitative estimate of drug-likeness (QED) is 0.761. The first-order chi connectivity index (χ1) is 12.8. The van der Waals surface area contributed by atoms with Crippen molar-refractivity contribution in [2.24, 2.45) is 5.92 Å². The number of amides is 1. The lowest BCUT2D eigenvalue weighted by Gasteiger charge is -2.31. The van der Waals surface area contributed by atoms with Crippen LogP contribution in [0.25, 0.3) is 11.0 Å². The fraction of sp³-hybridized carbons (Fsp3) is 0.368. The summed E-state index contributed by atoms with van der Waals surface area (Å²) < 4.78 is 7.11. The van der Waals surface area contributed by atoms with Crippen LogP contribution in [-0.2, 0) is 16.1 Å². The highest BCUT2D eigenvalue weighted by molar-refractivity contribution is 5.80. The lowest BCUT2D eigenvalue weighted by atomic mass is 9.87. The van der Waals surface area contributed by atoms with Gasteiger partial charge in [-0.3, -0.25) is 9.78 Å². The third kappa shape index (κ3) is 3.57. The number of hydrogen-bond acceptors (Lipinski definition) is 5. The van der Waals surface area contributed by atoms with E-state index in [2.05, 4.69) is 20.6 Å². The Balaban J connectivity index is 1.52. The average Bonchev–Trinajstić information content (AvgIpc) is 3.10. The zero-order valence-electron chi connectivity index (χ0n) is 14.4. The monoisotopic (exact) mass is 351 g/mol. The van der Waals surface area contributed by atoms with Gasteiger partial charge in [-0.2, -0.15) is 0 Å². The maximum atomic E-state index is 12.7. The molecule has 0 spiro atoms. The zero-order chi connectivity index (χ0) is 17.8. The average molecular weight is 351 g/mol. The number of rotatable bonds is 5. The summed E-state index contributed by atoms with van der Waals surface area (Å²) >= 11 is 0. The zero-order valence-corrected chi connectivity index (χ0v) is 14.4. The van der Waals surface area contributed by atoms with Crippen molar-refractivity contribution >= 4 is 16.9 Å². The summed E-state index contributed by atoms with van der Waals surface area (Å²) in [6.07, 6.45) is 5.41. The van der Waals surface area contributed by atoms with Crippen molar-refractivity contribution in [3.63, 3.8) is 0 Å². The van der Waals surface area contributed by atoms with Crippen LogP contribution in [0.15, 0.2) is 48.8 Å². The summed E-state index contributed by atoms with van der Waals surface area (Å²) in [4.78, 5) is 16.9. The van der Waals surface area contributed by atoms with Crippen molar-refractivity contribution in [1.29, 1.82) is 0 Å². The van der Waals surface area contributed by atoms with Crippen LogP contribution in [-0.4, -0.2) is 39.1 Å². The lowest BCUT2D eigenvalue weighted by Crippen LogP contribution is -2.37. The Bertz CT molecular complexity index is 874. The first-order valence-electron chi connectivity index (χ1n) is 8.86. The van der Waals surface area contributed by atoms with E-state index in [1.54, 1.807) is 10.9 Å². The fourth-order valence-electron chi connectivity index (χ4n) is 3.47. The number of carbonyl (C=O) groups is 1. The van der Waals surface area contributed by atoms with E-state index in [4.69, 9.17) is 4.74 Å². The first-order valence-corrected chi connectivity index (χ1v) is 8.86. The van der Waals surface area contributed by atoms with Gasteiger partial charge in [0.15, 0.2) is 0 Å². The van der Waals surface area contributed by atoms with Gasteiger partial charge in [0.1, 0.15) is 12.1 Å². The largest absolute Gasteiger partial charge is 0.381 e. The number of ether oxygens (including phenoxy) is 1. The van der Waals surface area contributed by atoms with Crippen LogP contribution >= 0.6 is 0 Å². The van der Waals surface area contributed by atoms with E-state index in [1.807, 2.05) is 42.6 Å². The molecule has 4 rings (SSSR count). The number of benzene rings is 1. The SMILES string of the molecule is O=C(Cn1nnc2ccccc21)N[C@@H](c1cccnc1)C1CCOCC1. The molecule has 0 saturated carbocycles. The van der Waals surface area contributed by atoms with Crippen molar-refractivity contribution in [2.45, 2.75) is 25.4 Å². The highest BCUT2D eigenvalue weighted by Gasteiger charge is 2.27. The van der Waals surface area contributed by atoms with E-state index in [0.717, 1.165) is 42.7 Å². The number of carbonyl (C=O) groups excluding carboxylic acids is 1. The molecule has 1 atom stereocenters. The van der Waals surface area contributed by atoms with Gasteiger partial charge in [-0.25, -0.2) is 4.68 Å². The second-order valence-electron chi connectivity index (χ2n) is 6.52. The highest BCUT2D eigenvalue weighted by Crippen LogP contribution is 2.29. The Morgan fingerprint density at radius 2 is 2.08 bits per heavy atom. The molecule has 1 fully saturated rings. The molecule has 7 heteroatoms. The third-order valence-electron chi connectivity index (χ3n) is 4.81. The second-order valence-corrected chi connectivity index (χ2v) is 6.52. The number of pyridine rings is 1. The maximum Gasteiger partial charge on any atom is 0.242 e. The molecule has 1 aromatic carbocycles. The van der Waals surface area contributed by atoms with Crippen LogP contribution in [0.1, 0.15) is 24.4 Å². The van der Waals surface area contributed by atoms with Gasteiger partial charge in [0.25, 0.3) is 0 Å². The van der Waals surface area contributed by atoms with E-state index in [-0.39, 0.29) is 18.5 Å². The molecule has 0 unspecified atom stereocenters. The number of hydrogen-bond donors (Lipinski definition) is 1. The molecule has 2 aromatic heterocycles. The second kappa shape index (κ2) is 7.61. The van der Waals surface area contributed by atoms with Crippen LogP contribution in [0.5, 0.6) is 0 Å². The van der Waals surface area contributed by atoms with Crippen molar-refractivity contribution < 1.29 is 9.53 Å². The van der Waals surface area contributed by atoms with E-state index in [9.17, 15) is 4.79 Å². The fourth-order valence-corrected chi connectivity index (χ4v) is 3.47. The Hall–Kier alpha value is -2.80. The van der Waals surface area contributed by atoms with Crippen molar-refractivity contribution in [2.75, 3.05) is 13.2 Å². The Kier molecular flexibility index (Phi) is 4.88. The van der Waals surface area contributed by atoms with E-state index >= 15 is 0 Å². The molecular formula is C19H21N5O2. The van der Waals surface area contributed by atoms with Gasteiger partial charge in [0, 0.05) is 25.6 Å². The number of fused-ring (bicyclic) bond motifs is 1. The summed E-state index contributed by atoms with van der Waals surface area (Å²) in [5.74, 6) is 0.255. The van der Waals surface area contributed by atoms with Gasteiger partial charge in [0.2, 0.25) is 5.91 Å². The summed E-state index contributed by atoms with van der Waals surface area (Å²) in [5.41, 5.74) is 2.66. The predicted molar refractivity (Wildman–Crippen MR) is 96.2 cm³/mol. The molecule has 134 valence electrons. The van der Waals surface area contributed by atoms with Crippen LogP contribution in [0, 0.1) is 5.92 Å². The molecular weight excluding hydrogens is 330 g/mol. The van der Waals surface area contributed by atoms with Crippen molar-refractivity contribution in [3.05, 3.63) is 54.4 Å². The summed E-state index contributed by atoms with van der Waals surface area (Å²) in [7, 11) is 0. The maximum absolute atomic E-state index is 12.7. The van der Waals surface area contributed by atoms with Crippen molar-refractivity contribution in [3.8, 4) is 0 Å². The van der Waals surface area contributed by atoms with Crippen molar-refractivity contribution in [1.82, 2.24) is 25.3 Å². The summed E-state index contributed by atoms with van der Waals surface area (Å²) in [5, 5.41) is 11.4. The van der Waals surface area contributed by atoms with Crippen LogP contribution in [0.4, 0.5) is 0 Å². The molecule has 1 amide bonds. The third-order valence-corrected chi connectivity index (χ3v) is 4.81. The predicted octanol–water partition coefficient (Wildman–Crippen LogP) is 2.11. The molecule has 1 aliphatic rings. The van der Waals surface area contributed by atoms with Crippen LogP contribution < -0.4 is 5.32 Å². The normalized spacial score (nSPS) is 16.5. The van der Waals surface area contributed by atoms with E-state index < -0.39 is 0 Å². The molecule has 3 aromatic rings. The minimum atomic E-state index is -0.0824. The topological polar surface area (TPSA) is 81.9 Å². The molecule has 1 aliphatic heterocycles. The van der Waals surface area contributed by atoms with Gasteiger partial charge in [0.05, 0.1) is 11.6 Å².